The van der Waals surface area contributed by atoms with Crippen LogP contribution in [0.1, 0.15) is 0 Å². The molecule has 9 heteroatoms. The van der Waals surface area contributed by atoms with Crippen molar-refractivity contribution in [2.24, 2.45) is 7.05 Å². The molecule has 9 nitrogen and oxygen atoms in total. The molecule has 2 aromatic heterocycles. The van der Waals surface area contributed by atoms with Gasteiger partial charge in [0.25, 0.3) is 5.56 Å². The third kappa shape index (κ3) is 2.31. The second kappa shape index (κ2) is 5.49. The molecular formula is C16H17N5O4. The van der Waals surface area contributed by atoms with Crippen LogP contribution in [0.5, 0.6) is 5.75 Å². The molecule has 0 saturated carbocycles. The number of aliphatic hydroxyl groups is 1. The highest BCUT2D eigenvalue weighted by atomic mass is 16.5. The number of benzene rings is 1. The summed E-state index contributed by atoms with van der Waals surface area (Å²) in [7, 11) is 3.14. The number of imidazole rings is 1. The number of H-pyrrole nitrogens is 1. The fourth-order valence-electron chi connectivity index (χ4n) is 3.15. The third-order valence-electron chi connectivity index (χ3n) is 4.40. The minimum Gasteiger partial charge on any atom is -0.497 e. The zero-order valence-corrected chi connectivity index (χ0v) is 13.8. The molecule has 1 aliphatic rings. The normalized spacial score (nSPS) is 16.9. The largest absolute Gasteiger partial charge is 0.497 e. The summed E-state index contributed by atoms with van der Waals surface area (Å²) in [6.07, 6.45) is -0.677. The van der Waals surface area contributed by atoms with Gasteiger partial charge in [0.2, 0.25) is 5.95 Å². The van der Waals surface area contributed by atoms with E-state index in [1.54, 1.807) is 18.7 Å². The van der Waals surface area contributed by atoms with E-state index in [9.17, 15) is 14.7 Å². The van der Waals surface area contributed by atoms with Gasteiger partial charge >= 0.3 is 5.69 Å². The van der Waals surface area contributed by atoms with Gasteiger partial charge in [-0.25, -0.2) is 4.79 Å². The molecule has 0 radical (unpaired) electrons. The number of aromatic amines is 1. The molecule has 0 spiro atoms. The first-order valence-corrected chi connectivity index (χ1v) is 7.79. The number of methoxy groups -OCH3 is 1. The monoisotopic (exact) mass is 343 g/mol. The predicted molar refractivity (Wildman–Crippen MR) is 91.6 cm³/mol. The summed E-state index contributed by atoms with van der Waals surface area (Å²) in [5.74, 6) is 1.23. The van der Waals surface area contributed by atoms with Crippen LogP contribution < -0.4 is 20.9 Å². The van der Waals surface area contributed by atoms with Crippen molar-refractivity contribution in [3.05, 3.63) is 45.1 Å². The van der Waals surface area contributed by atoms with Gasteiger partial charge in [-0.3, -0.25) is 14.3 Å². The number of hydrogen-bond acceptors (Lipinski definition) is 6. The number of aliphatic hydroxyl groups excluding tert-OH is 1. The number of fused-ring (bicyclic) bond motifs is 3. The Balaban J connectivity index is 1.95. The quantitative estimate of drug-likeness (QED) is 0.676. The van der Waals surface area contributed by atoms with E-state index in [0.717, 1.165) is 5.69 Å². The summed E-state index contributed by atoms with van der Waals surface area (Å²) in [4.78, 5) is 32.7. The second-order valence-corrected chi connectivity index (χ2v) is 5.98. The molecule has 3 aromatic rings. The Kier molecular flexibility index (Phi) is 3.39. The number of rotatable bonds is 2. The van der Waals surface area contributed by atoms with Gasteiger partial charge in [0.15, 0.2) is 11.2 Å². The predicted octanol–water partition coefficient (Wildman–Crippen LogP) is -0.0555. The highest BCUT2D eigenvalue weighted by Gasteiger charge is 2.29. The first-order chi connectivity index (χ1) is 12.0. The fourth-order valence-corrected chi connectivity index (χ4v) is 3.15. The molecule has 3 heterocycles. The van der Waals surface area contributed by atoms with E-state index in [2.05, 4.69) is 9.97 Å². The molecule has 2 N–H and O–H groups in total. The van der Waals surface area contributed by atoms with Gasteiger partial charge in [0, 0.05) is 12.7 Å². The van der Waals surface area contributed by atoms with Crippen molar-refractivity contribution < 1.29 is 9.84 Å². The average Bonchev–Trinajstić information content (AvgIpc) is 2.99. The molecule has 0 amide bonds. The molecule has 1 aliphatic heterocycles. The molecule has 1 atom stereocenters. The van der Waals surface area contributed by atoms with E-state index >= 15 is 0 Å². The van der Waals surface area contributed by atoms with Gasteiger partial charge in [0.05, 0.1) is 26.3 Å². The van der Waals surface area contributed by atoms with Crippen molar-refractivity contribution in [1.29, 1.82) is 0 Å². The highest BCUT2D eigenvalue weighted by molar-refractivity contribution is 5.77. The number of nitrogens with one attached hydrogen (secondary N) is 1. The van der Waals surface area contributed by atoms with E-state index in [1.807, 2.05) is 29.2 Å². The van der Waals surface area contributed by atoms with Crippen molar-refractivity contribution >= 4 is 22.8 Å². The van der Waals surface area contributed by atoms with Crippen LogP contribution in [0.15, 0.2) is 33.9 Å². The lowest BCUT2D eigenvalue weighted by Gasteiger charge is -2.32. The van der Waals surface area contributed by atoms with Crippen LogP contribution in [-0.4, -0.2) is 44.0 Å². The summed E-state index contributed by atoms with van der Waals surface area (Å²) in [5, 5.41) is 10.3. The molecule has 0 unspecified atom stereocenters. The van der Waals surface area contributed by atoms with Crippen molar-refractivity contribution in [2.75, 3.05) is 18.6 Å². The SMILES string of the molecule is COc1ccc(N2C[C@@H](O)Cn3c2nc2c3c(=O)[nH]c(=O)n2C)cc1. The molecule has 0 saturated heterocycles. The Morgan fingerprint density at radius 2 is 1.96 bits per heavy atom. The van der Waals surface area contributed by atoms with Crippen LogP contribution in [0.4, 0.5) is 11.6 Å². The van der Waals surface area contributed by atoms with Crippen molar-refractivity contribution in [2.45, 2.75) is 12.6 Å². The van der Waals surface area contributed by atoms with Gasteiger partial charge in [-0.05, 0) is 24.3 Å². The van der Waals surface area contributed by atoms with E-state index in [4.69, 9.17) is 4.74 Å². The Morgan fingerprint density at radius 1 is 1.24 bits per heavy atom. The maximum absolute atomic E-state index is 12.3. The van der Waals surface area contributed by atoms with E-state index < -0.39 is 17.4 Å². The maximum atomic E-state index is 12.3. The number of nitrogens with zero attached hydrogens (tertiary/aromatic N) is 4. The van der Waals surface area contributed by atoms with E-state index in [0.29, 0.717) is 18.2 Å². The number of aryl methyl sites for hydroxylation is 1. The standard InChI is InChI=1S/C16H17N5O4/c1-19-13-12(14(23)18-16(19)24)21-8-10(22)7-20(15(21)17-13)9-3-5-11(25-2)6-4-9/h3-6,10,22H,7-8H2,1-2H3,(H,18,23,24)/t10-/m1/s1. The van der Waals surface area contributed by atoms with Crippen LogP contribution in [0.2, 0.25) is 0 Å². The number of anilines is 2. The summed E-state index contributed by atoms with van der Waals surface area (Å²) in [6, 6.07) is 7.32. The first kappa shape index (κ1) is 15.5. The molecule has 0 fully saturated rings. The Morgan fingerprint density at radius 3 is 2.64 bits per heavy atom. The molecule has 4 rings (SSSR count). The maximum Gasteiger partial charge on any atom is 0.329 e. The summed E-state index contributed by atoms with van der Waals surface area (Å²) in [6.45, 7) is 0.571. The molecule has 0 bridgehead atoms. The molecular weight excluding hydrogens is 326 g/mol. The zero-order chi connectivity index (χ0) is 17.7. The average molecular weight is 343 g/mol. The van der Waals surface area contributed by atoms with Gasteiger partial charge < -0.3 is 19.3 Å². The molecule has 130 valence electrons. The molecule has 1 aromatic carbocycles. The number of β-amino-alcohol motifs (C(OH)–C–C–N with tert-alkyl or cyclic N) is 1. The summed E-state index contributed by atoms with van der Waals surface area (Å²) < 4.78 is 8.10. The third-order valence-corrected chi connectivity index (χ3v) is 4.40. The van der Waals surface area contributed by atoms with Gasteiger partial charge in [0.1, 0.15) is 5.75 Å². The summed E-state index contributed by atoms with van der Waals surface area (Å²) >= 11 is 0. The van der Waals surface area contributed by atoms with Crippen molar-refractivity contribution in [1.82, 2.24) is 19.1 Å². The Hall–Kier alpha value is -3.07. The van der Waals surface area contributed by atoms with Crippen molar-refractivity contribution in [3.63, 3.8) is 0 Å². The molecule has 0 aliphatic carbocycles. The lowest BCUT2D eigenvalue weighted by atomic mass is 10.2. The van der Waals surface area contributed by atoms with E-state index in [1.165, 1.54) is 4.57 Å². The Bertz CT molecular complexity index is 1060. The van der Waals surface area contributed by atoms with Crippen LogP contribution in [0.25, 0.3) is 11.2 Å². The number of ether oxygens (including phenoxy) is 1. The van der Waals surface area contributed by atoms with Crippen LogP contribution in [0, 0.1) is 0 Å². The number of aromatic nitrogens is 4. The van der Waals surface area contributed by atoms with Gasteiger partial charge in [-0.15, -0.1) is 0 Å². The first-order valence-electron chi connectivity index (χ1n) is 7.79. The minimum absolute atomic E-state index is 0.236. The highest BCUT2D eigenvalue weighted by Crippen LogP contribution is 2.31. The second-order valence-electron chi connectivity index (χ2n) is 5.98. The minimum atomic E-state index is -0.677. The van der Waals surface area contributed by atoms with E-state index in [-0.39, 0.29) is 17.7 Å². The van der Waals surface area contributed by atoms with Crippen molar-refractivity contribution in [3.8, 4) is 5.75 Å². The van der Waals surface area contributed by atoms with Gasteiger partial charge in [-0.2, -0.15) is 4.98 Å². The van der Waals surface area contributed by atoms with Crippen LogP contribution in [-0.2, 0) is 13.6 Å². The lowest BCUT2D eigenvalue weighted by Crippen LogP contribution is -2.39. The van der Waals surface area contributed by atoms with Crippen LogP contribution >= 0.6 is 0 Å². The Labute approximate surface area is 141 Å². The van der Waals surface area contributed by atoms with Gasteiger partial charge in [-0.1, -0.05) is 0 Å². The number of hydrogen-bond donors (Lipinski definition) is 2. The topological polar surface area (TPSA) is 105 Å². The summed E-state index contributed by atoms with van der Waals surface area (Å²) in [5.41, 5.74) is 0.327. The molecule has 25 heavy (non-hydrogen) atoms. The smallest absolute Gasteiger partial charge is 0.329 e. The van der Waals surface area contributed by atoms with Crippen LogP contribution in [0.3, 0.4) is 0 Å². The fraction of sp³-hybridized carbons (Fsp3) is 0.312. The lowest BCUT2D eigenvalue weighted by molar-refractivity contribution is 0.154. The zero-order valence-electron chi connectivity index (χ0n) is 13.8.